The molecule has 3 heteroatoms. The highest BCUT2D eigenvalue weighted by atomic mass is 16.5. The molecule has 100 valence electrons. The second-order valence-corrected chi connectivity index (χ2v) is 5.35. The van der Waals surface area contributed by atoms with Crippen LogP contribution in [0.5, 0.6) is 0 Å². The molecular weight excluding hydrogens is 226 g/mol. The molecule has 0 bridgehead atoms. The van der Waals surface area contributed by atoms with Crippen LogP contribution in [-0.4, -0.2) is 41.9 Å². The highest BCUT2D eigenvalue weighted by Gasteiger charge is 2.25. The van der Waals surface area contributed by atoms with Crippen molar-refractivity contribution >= 4 is 0 Å². The van der Waals surface area contributed by atoms with E-state index in [1.54, 1.807) is 0 Å². The lowest BCUT2D eigenvalue weighted by molar-refractivity contribution is -0.0806. The fourth-order valence-electron chi connectivity index (χ4n) is 2.45. The van der Waals surface area contributed by atoms with Gasteiger partial charge in [0.05, 0.1) is 19.3 Å². The van der Waals surface area contributed by atoms with Crippen LogP contribution >= 0.6 is 0 Å². The molecule has 1 saturated heterocycles. The number of hydrogen-bond donors (Lipinski definition) is 1. The van der Waals surface area contributed by atoms with Gasteiger partial charge in [0.1, 0.15) is 0 Å². The van der Waals surface area contributed by atoms with Gasteiger partial charge < -0.3 is 9.84 Å². The minimum absolute atomic E-state index is 0.0352. The van der Waals surface area contributed by atoms with Crippen LogP contribution in [0, 0.1) is 13.8 Å². The van der Waals surface area contributed by atoms with Gasteiger partial charge in [-0.2, -0.15) is 0 Å². The number of aliphatic hydroxyl groups is 1. The van der Waals surface area contributed by atoms with E-state index in [1.165, 1.54) is 16.7 Å². The molecular formula is C15H23NO2. The minimum Gasteiger partial charge on any atom is -0.394 e. The fraction of sp³-hybridized carbons (Fsp3) is 0.600. The predicted octanol–water partition coefficient (Wildman–Crippen LogP) is 1.89. The summed E-state index contributed by atoms with van der Waals surface area (Å²) in [5.74, 6) is 0. The number of ether oxygens (including phenoxy) is 1. The number of aliphatic hydroxyl groups excluding tert-OH is 1. The monoisotopic (exact) mass is 249 g/mol. The van der Waals surface area contributed by atoms with Crippen molar-refractivity contribution < 1.29 is 9.84 Å². The third kappa shape index (κ3) is 3.10. The molecule has 3 nitrogen and oxygen atoms in total. The maximum Gasteiger partial charge on any atom is 0.0933 e. The third-order valence-corrected chi connectivity index (χ3v) is 3.71. The Hall–Kier alpha value is -0.900. The molecule has 1 aromatic rings. The van der Waals surface area contributed by atoms with Crippen molar-refractivity contribution in [3.05, 3.63) is 34.9 Å². The van der Waals surface area contributed by atoms with Gasteiger partial charge in [0.25, 0.3) is 0 Å². The van der Waals surface area contributed by atoms with Crippen molar-refractivity contribution in [1.82, 2.24) is 4.90 Å². The lowest BCUT2D eigenvalue weighted by Gasteiger charge is -2.37. The second kappa shape index (κ2) is 5.83. The molecule has 18 heavy (non-hydrogen) atoms. The molecule has 0 spiro atoms. The zero-order chi connectivity index (χ0) is 13.1. The molecule has 2 rings (SSSR count). The Morgan fingerprint density at radius 2 is 2.17 bits per heavy atom. The van der Waals surface area contributed by atoms with Crippen LogP contribution in [-0.2, 0) is 11.3 Å². The average molecular weight is 249 g/mol. The number of rotatable bonds is 3. The van der Waals surface area contributed by atoms with Crippen LogP contribution in [0.15, 0.2) is 18.2 Å². The molecule has 1 aliphatic heterocycles. The van der Waals surface area contributed by atoms with Gasteiger partial charge in [-0.3, -0.25) is 4.90 Å². The minimum atomic E-state index is -0.0352. The number of morpholine rings is 1. The van der Waals surface area contributed by atoms with E-state index in [0.29, 0.717) is 12.6 Å². The Labute approximate surface area is 109 Å². The van der Waals surface area contributed by atoms with E-state index in [4.69, 9.17) is 4.74 Å². The molecule has 0 saturated carbocycles. The zero-order valence-corrected chi connectivity index (χ0v) is 11.5. The number of hydrogen-bond acceptors (Lipinski definition) is 3. The molecule has 1 fully saturated rings. The van der Waals surface area contributed by atoms with Crippen LogP contribution < -0.4 is 0 Å². The lowest BCUT2D eigenvalue weighted by Crippen LogP contribution is -2.48. The van der Waals surface area contributed by atoms with Gasteiger partial charge in [-0.15, -0.1) is 0 Å². The van der Waals surface area contributed by atoms with E-state index >= 15 is 0 Å². The van der Waals surface area contributed by atoms with Crippen molar-refractivity contribution in [3.63, 3.8) is 0 Å². The smallest absolute Gasteiger partial charge is 0.0933 e. The zero-order valence-electron chi connectivity index (χ0n) is 11.5. The maximum atomic E-state index is 9.20. The summed E-state index contributed by atoms with van der Waals surface area (Å²) in [6.07, 6.45) is -0.0352. The quantitative estimate of drug-likeness (QED) is 0.888. The Balaban J connectivity index is 2.07. The molecule has 1 aromatic carbocycles. The van der Waals surface area contributed by atoms with E-state index in [2.05, 4.69) is 43.9 Å². The summed E-state index contributed by atoms with van der Waals surface area (Å²) in [5, 5.41) is 9.20. The normalized spacial score (nSPS) is 25.3. The molecule has 0 amide bonds. The molecule has 1 N–H and O–H groups in total. The Bertz CT molecular complexity index is 405. The summed E-state index contributed by atoms with van der Waals surface area (Å²) in [4.78, 5) is 2.39. The van der Waals surface area contributed by atoms with E-state index in [9.17, 15) is 5.11 Å². The first-order chi connectivity index (χ1) is 8.60. The third-order valence-electron chi connectivity index (χ3n) is 3.71. The van der Waals surface area contributed by atoms with E-state index < -0.39 is 0 Å². The Kier molecular flexibility index (Phi) is 4.38. The fourth-order valence-corrected chi connectivity index (χ4v) is 2.45. The first-order valence-electron chi connectivity index (χ1n) is 6.62. The SMILES string of the molecule is Cc1ccc(CN2C[C@H](CO)OC[C@H]2C)c(C)c1. The van der Waals surface area contributed by atoms with Gasteiger partial charge in [-0.1, -0.05) is 23.8 Å². The van der Waals surface area contributed by atoms with Crippen LogP contribution in [0.3, 0.4) is 0 Å². The molecule has 1 aliphatic rings. The summed E-state index contributed by atoms with van der Waals surface area (Å²) in [6, 6.07) is 7.01. The van der Waals surface area contributed by atoms with Gasteiger partial charge in [-0.05, 0) is 31.9 Å². The van der Waals surface area contributed by atoms with E-state index in [1.807, 2.05) is 0 Å². The van der Waals surface area contributed by atoms with Crippen molar-refractivity contribution in [1.29, 1.82) is 0 Å². The number of benzene rings is 1. The lowest BCUT2D eigenvalue weighted by atomic mass is 10.0. The predicted molar refractivity (Wildman–Crippen MR) is 72.6 cm³/mol. The van der Waals surface area contributed by atoms with Crippen molar-refractivity contribution in [3.8, 4) is 0 Å². The van der Waals surface area contributed by atoms with Crippen LogP contribution in [0.1, 0.15) is 23.6 Å². The highest BCUT2D eigenvalue weighted by molar-refractivity contribution is 5.30. The summed E-state index contributed by atoms with van der Waals surface area (Å²) in [7, 11) is 0. The van der Waals surface area contributed by atoms with Gasteiger partial charge in [0.2, 0.25) is 0 Å². The Morgan fingerprint density at radius 3 is 2.83 bits per heavy atom. The van der Waals surface area contributed by atoms with Gasteiger partial charge in [0.15, 0.2) is 0 Å². The number of nitrogens with zero attached hydrogens (tertiary/aromatic N) is 1. The summed E-state index contributed by atoms with van der Waals surface area (Å²) in [6.45, 7) is 9.02. The molecule has 0 aromatic heterocycles. The van der Waals surface area contributed by atoms with Crippen LogP contribution in [0.4, 0.5) is 0 Å². The largest absolute Gasteiger partial charge is 0.394 e. The van der Waals surface area contributed by atoms with Gasteiger partial charge in [0, 0.05) is 19.1 Å². The highest BCUT2D eigenvalue weighted by Crippen LogP contribution is 2.18. The molecule has 0 radical (unpaired) electrons. The van der Waals surface area contributed by atoms with Gasteiger partial charge >= 0.3 is 0 Å². The number of aryl methyl sites for hydroxylation is 2. The molecule has 1 heterocycles. The van der Waals surface area contributed by atoms with E-state index in [0.717, 1.165) is 13.1 Å². The van der Waals surface area contributed by atoms with Crippen LogP contribution in [0.25, 0.3) is 0 Å². The average Bonchev–Trinajstić information content (AvgIpc) is 2.35. The van der Waals surface area contributed by atoms with Crippen molar-refractivity contribution in [2.75, 3.05) is 19.8 Å². The maximum absolute atomic E-state index is 9.20. The molecule has 2 atom stereocenters. The topological polar surface area (TPSA) is 32.7 Å². The first kappa shape index (κ1) is 13.5. The van der Waals surface area contributed by atoms with Gasteiger partial charge in [-0.25, -0.2) is 0 Å². The van der Waals surface area contributed by atoms with Crippen molar-refractivity contribution in [2.45, 2.75) is 39.5 Å². The van der Waals surface area contributed by atoms with E-state index in [-0.39, 0.29) is 12.7 Å². The Morgan fingerprint density at radius 1 is 1.39 bits per heavy atom. The van der Waals surface area contributed by atoms with Crippen LogP contribution in [0.2, 0.25) is 0 Å². The summed E-state index contributed by atoms with van der Waals surface area (Å²) in [5.41, 5.74) is 4.01. The first-order valence-corrected chi connectivity index (χ1v) is 6.62. The second-order valence-electron chi connectivity index (χ2n) is 5.35. The molecule has 0 aliphatic carbocycles. The summed E-state index contributed by atoms with van der Waals surface area (Å²) >= 11 is 0. The summed E-state index contributed by atoms with van der Waals surface area (Å²) < 4.78 is 5.57. The standard InChI is InChI=1S/C15H23NO2/c1-11-4-5-14(12(2)6-11)7-16-8-15(9-17)18-10-13(16)3/h4-6,13,15,17H,7-10H2,1-3H3/t13-,15-/m1/s1. The molecule has 0 unspecified atom stereocenters. The van der Waals surface area contributed by atoms with Crippen molar-refractivity contribution in [2.24, 2.45) is 0 Å².